The third-order valence-corrected chi connectivity index (χ3v) is 6.46. The standard InChI is InChI=1S/C24H23F3N8O2S/c1-4-34(15-17-8-6-5-7-9-17)18-10-11-19(20(12-18)33-38(36,37)24(25,26)27)31-32-23-30-21(13-28)22(14-29)35(23)16(2)3/h5-12,16,33H,4,15H2,1-3H3. The zero-order valence-corrected chi connectivity index (χ0v) is 21.4. The SMILES string of the molecule is CCN(Cc1ccccc1)c1ccc(N=Nc2nc(C#N)c(C#N)n2C(C)C)c(NS(=O)(=O)C(F)(F)F)c1. The second-order valence-electron chi connectivity index (χ2n) is 8.25. The van der Waals surface area contributed by atoms with Gasteiger partial charge in [-0.05, 0) is 44.5 Å². The van der Waals surface area contributed by atoms with Gasteiger partial charge in [-0.3, -0.25) is 9.29 Å². The molecule has 0 saturated carbocycles. The molecule has 14 heteroatoms. The lowest BCUT2D eigenvalue weighted by Crippen LogP contribution is -2.30. The molecule has 3 rings (SSSR count). The van der Waals surface area contributed by atoms with E-state index in [0.29, 0.717) is 18.8 Å². The first-order valence-electron chi connectivity index (χ1n) is 11.3. The monoisotopic (exact) mass is 544 g/mol. The first-order valence-corrected chi connectivity index (χ1v) is 12.8. The molecule has 0 bridgehead atoms. The largest absolute Gasteiger partial charge is 0.516 e. The Morgan fingerprint density at radius 2 is 1.79 bits per heavy atom. The first kappa shape index (κ1) is 28.1. The average Bonchev–Trinajstić information content (AvgIpc) is 3.24. The van der Waals surface area contributed by atoms with Crippen LogP contribution in [0.15, 0.2) is 58.8 Å². The number of azo groups is 1. The van der Waals surface area contributed by atoms with Crippen LogP contribution >= 0.6 is 0 Å². The van der Waals surface area contributed by atoms with E-state index in [1.165, 1.54) is 16.7 Å². The van der Waals surface area contributed by atoms with Crippen molar-refractivity contribution in [2.75, 3.05) is 16.2 Å². The van der Waals surface area contributed by atoms with Gasteiger partial charge in [0.2, 0.25) is 0 Å². The quantitative estimate of drug-likeness (QED) is 0.332. The average molecular weight is 545 g/mol. The number of halogens is 3. The summed E-state index contributed by atoms with van der Waals surface area (Å²) in [4.78, 5) is 5.82. The Kier molecular flexibility index (Phi) is 8.38. The van der Waals surface area contributed by atoms with Gasteiger partial charge in [-0.2, -0.15) is 37.1 Å². The Morgan fingerprint density at radius 1 is 1.11 bits per heavy atom. The fourth-order valence-electron chi connectivity index (χ4n) is 3.55. The van der Waals surface area contributed by atoms with Gasteiger partial charge in [0.15, 0.2) is 11.4 Å². The van der Waals surface area contributed by atoms with Crippen molar-refractivity contribution in [3.8, 4) is 12.1 Å². The molecule has 198 valence electrons. The first-order chi connectivity index (χ1) is 17.9. The lowest BCUT2D eigenvalue weighted by Gasteiger charge is -2.24. The Bertz CT molecular complexity index is 1520. The number of anilines is 2. The molecule has 38 heavy (non-hydrogen) atoms. The number of nitrogens with one attached hydrogen (secondary N) is 1. The van der Waals surface area contributed by atoms with Gasteiger partial charge in [-0.15, -0.1) is 10.2 Å². The molecule has 0 unspecified atom stereocenters. The molecule has 2 aromatic carbocycles. The van der Waals surface area contributed by atoms with Crippen molar-refractivity contribution in [1.82, 2.24) is 9.55 Å². The van der Waals surface area contributed by atoms with E-state index in [1.807, 2.05) is 48.2 Å². The maximum atomic E-state index is 13.2. The topological polar surface area (TPSA) is 140 Å². The van der Waals surface area contributed by atoms with Crippen LogP contribution in [0.4, 0.5) is 36.2 Å². The minimum atomic E-state index is -5.77. The summed E-state index contributed by atoms with van der Waals surface area (Å²) in [7, 11) is -5.77. The molecule has 0 radical (unpaired) electrons. The molecule has 0 atom stereocenters. The number of benzene rings is 2. The lowest BCUT2D eigenvalue weighted by atomic mass is 10.2. The van der Waals surface area contributed by atoms with Gasteiger partial charge in [-0.1, -0.05) is 30.3 Å². The highest BCUT2D eigenvalue weighted by atomic mass is 32.2. The number of imidazole rings is 1. The number of nitrogens with zero attached hydrogens (tertiary/aromatic N) is 7. The van der Waals surface area contributed by atoms with E-state index in [9.17, 15) is 32.1 Å². The fourth-order valence-corrected chi connectivity index (χ4v) is 4.11. The smallest absolute Gasteiger partial charge is 0.367 e. The number of sulfonamides is 1. The van der Waals surface area contributed by atoms with E-state index in [2.05, 4.69) is 15.2 Å². The molecule has 3 aromatic rings. The van der Waals surface area contributed by atoms with Crippen molar-refractivity contribution < 1.29 is 21.6 Å². The van der Waals surface area contributed by atoms with Crippen LogP contribution in [0.25, 0.3) is 0 Å². The van der Waals surface area contributed by atoms with Crippen molar-refractivity contribution in [1.29, 1.82) is 10.5 Å². The van der Waals surface area contributed by atoms with Gasteiger partial charge in [0.25, 0.3) is 5.95 Å². The Balaban J connectivity index is 2.09. The zero-order chi connectivity index (χ0) is 28.1. The summed E-state index contributed by atoms with van der Waals surface area (Å²) in [6.45, 7) is 6.17. The van der Waals surface area contributed by atoms with Crippen LogP contribution in [0.3, 0.4) is 0 Å². The second-order valence-corrected chi connectivity index (χ2v) is 9.92. The summed E-state index contributed by atoms with van der Waals surface area (Å²) >= 11 is 0. The Morgan fingerprint density at radius 3 is 2.34 bits per heavy atom. The molecule has 10 nitrogen and oxygen atoms in total. The highest BCUT2D eigenvalue weighted by Crippen LogP contribution is 2.36. The van der Waals surface area contributed by atoms with Gasteiger partial charge in [0.1, 0.15) is 17.8 Å². The molecule has 0 amide bonds. The number of hydrogen-bond donors (Lipinski definition) is 1. The van der Waals surface area contributed by atoms with Crippen molar-refractivity contribution in [3.63, 3.8) is 0 Å². The molecule has 0 spiro atoms. The van der Waals surface area contributed by atoms with Crippen LogP contribution in [-0.2, 0) is 16.6 Å². The van der Waals surface area contributed by atoms with E-state index in [1.54, 1.807) is 30.7 Å². The molecular weight excluding hydrogens is 521 g/mol. The normalized spacial score (nSPS) is 11.9. The maximum absolute atomic E-state index is 13.2. The van der Waals surface area contributed by atoms with Crippen LogP contribution < -0.4 is 9.62 Å². The number of alkyl halides is 3. The minimum absolute atomic E-state index is 0.0516. The number of rotatable bonds is 9. The van der Waals surface area contributed by atoms with Gasteiger partial charge in [0, 0.05) is 24.8 Å². The summed E-state index contributed by atoms with van der Waals surface area (Å²) in [6, 6.07) is 16.8. The third kappa shape index (κ3) is 6.10. The second kappa shape index (κ2) is 11.3. The minimum Gasteiger partial charge on any atom is -0.367 e. The highest BCUT2D eigenvalue weighted by Gasteiger charge is 2.46. The van der Waals surface area contributed by atoms with Crippen molar-refractivity contribution in [3.05, 3.63) is 65.5 Å². The molecule has 1 aromatic heterocycles. The van der Waals surface area contributed by atoms with Crippen molar-refractivity contribution >= 4 is 33.0 Å². The summed E-state index contributed by atoms with van der Waals surface area (Å²) in [6.07, 6.45) is 0. The van der Waals surface area contributed by atoms with Gasteiger partial charge >= 0.3 is 15.5 Å². The molecule has 0 aliphatic carbocycles. The third-order valence-electron chi connectivity index (χ3n) is 5.36. The van der Waals surface area contributed by atoms with E-state index in [4.69, 9.17) is 0 Å². The summed E-state index contributed by atoms with van der Waals surface area (Å²) in [5.74, 6) is -0.138. The van der Waals surface area contributed by atoms with Crippen LogP contribution in [-0.4, -0.2) is 30.0 Å². The lowest BCUT2D eigenvalue weighted by molar-refractivity contribution is -0.0429. The van der Waals surface area contributed by atoms with Crippen LogP contribution in [0.2, 0.25) is 0 Å². The molecule has 0 fully saturated rings. The predicted octanol–water partition coefficient (Wildman–Crippen LogP) is 5.91. The summed E-state index contributed by atoms with van der Waals surface area (Å²) in [5.41, 5.74) is -5.11. The van der Waals surface area contributed by atoms with Crippen LogP contribution in [0.5, 0.6) is 0 Å². The molecule has 1 N–H and O–H groups in total. The van der Waals surface area contributed by atoms with E-state index >= 15 is 0 Å². The van der Waals surface area contributed by atoms with Gasteiger partial charge in [0.05, 0.1) is 5.69 Å². The summed E-state index contributed by atoms with van der Waals surface area (Å²) < 4.78 is 66.4. The maximum Gasteiger partial charge on any atom is 0.516 e. The highest BCUT2D eigenvalue weighted by molar-refractivity contribution is 7.93. The number of aromatic nitrogens is 2. The molecule has 0 aliphatic heterocycles. The molecule has 0 aliphatic rings. The van der Waals surface area contributed by atoms with Gasteiger partial charge < -0.3 is 4.90 Å². The predicted molar refractivity (Wildman–Crippen MR) is 134 cm³/mol. The fraction of sp³-hybridized carbons (Fsp3) is 0.292. The van der Waals surface area contributed by atoms with Crippen LogP contribution in [0.1, 0.15) is 43.8 Å². The number of nitriles is 2. The number of hydrogen-bond acceptors (Lipinski definition) is 8. The van der Waals surface area contributed by atoms with Crippen LogP contribution in [0, 0.1) is 22.7 Å². The zero-order valence-electron chi connectivity index (χ0n) is 20.6. The molecule has 1 heterocycles. The molecular formula is C24H23F3N8O2S. The van der Waals surface area contributed by atoms with E-state index in [0.717, 1.165) is 5.56 Å². The van der Waals surface area contributed by atoms with Gasteiger partial charge in [-0.25, -0.2) is 0 Å². The summed E-state index contributed by atoms with van der Waals surface area (Å²) in [5, 5.41) is 26.6. The van der Waals surface area contributed by atoms with Crippen molar-refractivity contribution in [2.24, 2.45) is 10.2 Å². The van der Waals surface area contributed by atoms with E-state index in [-0.39, 0.29) is 29.1 Å². The molecule has 0 saturated heterocycles. The Labute approximate surface area is 217 Å². The Hall–Kier alpha value is -4.43. The van der Waals surface area contributed by atoms with E-state index < -0.39 is 21.2 Å². The van der Waals surface area contributed by atoms with Crippen molar-refractivity contribution in [2.45, 2.75) is 38.9 Å².